The summed E-state index contributed by atoms with van der Waals surface area (Å²) < 4.78 is 18.6. The molecule has 2 aliphatic carbocycles. The van der Waals surface area contributed by atoms with E-state index in [9.17, 15) is 4.39 Å². The van der Waals surface area contributed by atoms with Crippen molar-refractivity contribution in [1.29, 1.82) is 0 Å². The first kappa shape index (κ1) is 13.9. The highest BCUT2D eigenvalue weighted by atomic mass is 19.1. The van der Waals surface area contributed by atoms with Crippen LogP contribution in [0.4, 0.5) is 4.39 Å². The van der Waals surface area contributed by atoms with Gasteiger partial charge in [0.05, 0.1) is 7.11 Å². The molecular weight excluding hydrogens is 253 g/mol. The van der Waals surface area contributed by atoms with E-state index in [1.54, 1.807) is 12.1 Å². The van der Waals surface area contributed by atoms with Gasteiger partial charge in [-0.15, -0.1) is 0 Å². The molecule has 0 spiro atoms. The minimum absolute atomic E-state index is 0.278. The number of halogens is 1. The van der Waals surface area contributed by atoms with Gasteiger partial charge in [0, 0.05) is 12.6 Å². The van der Waals surface area contributed by atoms with Gasteiger partial charge >= 0.3 is 0 Å². The molecule has 1 aromatic rings. The van der Waals surface area contributed by atoms with Crippen molar-refractivity contribution in [2.24, 2.45) is 17.8 Å². The van der Waals surface area contributed by atoms with E-state index in [-0.39, 0.29) is 5.82 Å². The van der Waals surface area contributed by atoms with E-state index in [2.05, 4.69) is 12.2 Å². The maximum absolute atomic E-state index is 13.6. The van der Waals surface area contributed by atoms with E-state index < -0.39 is 0 Å². The molecule has 0 aliphatic heterocycles. The van der Waals surface area contributed by atoms with Crippen molar-refractivity contribution in [2.45, 2.75) is 45.2 Å². The summed E-state index contributed by atoms with van der Waals surface area (Å²) in [5.41, 5.74) is 0.985. The van der Waals surface area contributed by atoms with Crippen LogP contribution >= 0.6 is 0 Å². The largest absolute Gasteiger partial charge is 0.494 e. The third kappa shape index (κ3) is 2.69. The highest BCUT2D eigenvalue weighted by molar-refractivity contribution is 5.29. The molecule has 0 aromatic heterocycles. The molecule has 1 aromatic carbocycles. The second kappa shape index (κ2) is 5.72. The first-order valence-corrected chi connectivity index (χ1v) is 7.73. The normalized spacial score (nSPS) is 29.6. The van der Waals surface area contributed by atoms with Crippen LogP contribution in [-0.4, -0.2) is 13.2 Å². The molecular formula is C17H24FNO. The first-order chi connectivity index (χ1) is 9.67. The zero-order valence-corrected chi connectivity index (χ0v) is 12.4. The van der Waals surface area contributed by atoms with Gasteiger partial charge in [0.15, 0.2) is 11.6 Å². The molecule has 2 saturated carbocycles. The highest BCUT2D eigenvalue weighted by Gasteiger charge is 2.41. The van der Waals surface area contributed by atoms with Gasteiger partial charge in [0.1, 0.15) is 0 Å². The van der Waals surface area contributed by atoms with Gasteiger partial charge in [-0.3, -0.25) is 0 Å². The molecule has 4 atom stereocenters. The summed E-state index contributed by atoms with van der Waals surface area (Å²) in [4.78, 5) is 0. The molecule has 2 aliphatic rings. The Kier molecular flexibility index (Phi) is 3.97. The Morgan fingerprint density at radius 1 is 1.35 bits per heavy atom. The van der Waals surface area contributed by atoms with Crippen molar-refractivity contribution in [3.05, 3.63) is 29.6 Å². The van der Waals surface area contributed by atoms with Gasteiger partial charge in [0.25, 0.3) is 0 Å². The molecule has 2 bridgehead atoms. The Labute approximate surface area is 120 Å². The SMILES string of the molecule is COc1ccc(CNC(C)C2CC3CCC2C3)cc1F. The number of hydrogen-bond acceptors (Lipinski definition) is 2. The van der Waals surface area contributed by atoms with Gasteiger partial charge in [0.2, 0.25) is 0 Å². The molecule has 1 N–H and O–H groups in total. The lowest BCUT2D eigenvalue weighted by Crippen LogP contribution is -2.35. The second-order valence-electron chi connectivity index (χ2n) is 6.48. The molecule has 0 saturated heterocycles. The summed E-state index contributed by atoms with van der Waals surface area (Å²) in [6.07, 6.45) is 5.68. The fourth-order valence-corrected chi connectivity index (χ4v) is 4.16. The maximum Gasteiger partial charge on any atom is 0.165 e. The summed E-state index contributed by atoms with van der Waals surface area (Å²) in [5.74, 6) is 2.76. The Hall–Kier alpha value is -1.09. The van der Waals surface area contributed by atoms with Crippen LogP contribution in [0, 0.1) is 23.6 Å². The molecule has 4 unspecified atom stereocenters. The molecule has 0 heterocycles. The van der Waals surface area contributed by atoms with Gasteiger partial charge in [-0.25, -0.2) is 4.39 Å². The van der Waals surface area contributed by atoms with Crippen LogP contribution in [0.15, 0.2) is 18.2 Å². The van der Waals surface area contributed by atoms with Crippen LogP contribution in [-0.2, 0) is 6.54 Å². The molecule has 3 rings (SSSR count). The van der Waals surface area contributed by atoms with Crippen molar-refractivity contribution < 1.29 is 9.13 Å². The minimum Gasteiger partial charge on any atom is -0.494 e. The fourth-order valence-electron chi connectivity index (χ4n) is 4.16. The van der Waals surface area contributed by atoms with Crippen LogP contribution in [0.5, 0.6) is 5.75 Å². The Morgan fingerprint density at radius 2 is 2.20 bits per heavy atom. The number of rotatable bonds is 5. The van der Waals surface area contributed by atoms with E-state index in [0.29, 0.717) is 11.8 Å². The van der Waals surface area contributed by atoms with E-state index in [4.69, 9.17) is 4.74 Å². The van der Waals surface area contributed by atoms with Crippen LogP contribution in [0.2, 0.25) is 0 Å². The number of fused-ring (bicyclic) bond motifs is 2. The Balaban J connectivity index is 1.55. The quantitative estimate of drug-likeness (QED) is 0.885. The number of hydrogen-bond donors (Lipinski definition) is 1. The summed E-state index contributed by atoms with van der Waals surface area (Å²) in [6, 6.07) is 5.73. The molecule has 20 heavy (non-hydrogen) atoms. The number of methoxy groups -OCH3 is 1. The average Bonchev–Trinajstić information content (AvgIpc) is 3.07. The summed E-state index contributed by atoms with van der Waals surface area (Å²) >= 11 is 0. The molecule has 0 radical (unpaired) electrons. The van der Waals surface area contributed by atoms with Gasteiger partial charge in [-0.1, -0.05) is 12.5 Å². The van der Waals surface area contributed by atoms with E-state index >= 15 is 0 Å². The molecule has 2 fully saturated rings. The zero-order valence-electron chi connectivity index (χ0n) is 12.4. The predicted molar refractivity (Wildman–Crippen MR) is 78.2 cm³/mol. The summed E-state index contributed by atoms with van der Waals surface area (Å²) in [6.45, 7) is 3.02. The third-order valence-electron chi connectivity index (χ3n) is 5.28. The lowest BCUT2D eigenvalue weighted by atomic mass is 9.84. The van der Waals surface area contributed by atoms with Crippen LogP contribution in [0.1, 0.15) is 38.2 Å². The first-order valence-electron chi connectivity index (χ1n) is 7.73. The molecule has 2 nitrogen and oxygen atoms in total. The standard InChI is InChI=1S/C17H24FNO/c1-11(15-8-12-3-5-14(15)7-12)19-10-13-4-6-17(20-2)16(18)9-13/h4,6,9,11-12,14-15,19H,3,5,7-8,10H2,1-2H3. The van der Waals surface area contributed by atoms with Crippen molar-refractivity contribution in [3.8, 4) is 5.75 Å². The lowest BCUT2D eigenvalue weighted by molar-refractivity contribution is 0.259. The highest BCUT2D eigenvalue weighted by Crippen LogP contribution is 2.49. The van der Waals surface area contributed by atoms with Crippen molar-refractivity contribution in [2.75, 3.05) is 7.11 Å². The number of nitrogens with one attached hydrogen (secondary N) is 1. The number of benzene rings is 1. The van der Waals surface area contributed by atoms with Crippen molar-refractivity contribution in [3.63, 3.8) is 0 Å². The van der Waals surface area contributed by atoms with Gasteiger partial charge in [-0.05, 0) is 61.6 Å². The van der Waals surface area contributed by atoms with E-state index in [1.807, 2.05) is 6.07 Å². The minimum atomic E-state index is -0.278. The predicted octanol–water partition coefficient (Wildman–Crippen LogP) is 3.75. The smallest absolute Gasteiger partial charge is 0.165 e. The van der Waals surface area contributed by atoms with Crippen LogP contribution in [0.3, 0.4) is 0 Å². The van der Waals surface area contributed by atoms with Crippen LogP contribution < -0.4 is 10.1 Å². The maximum atomic E-state index is 13.6. The third-order valence-corrected chi connectivity index (χ3v) is 5.28. The summed E-state index contributed by atoms with van der Waals surface area (Å²) in [7, 11) is 1.49. The molecule has 3 heteroatoms. The lowest BCUT2D eigenvalue weighted by Gasteiger charge is -2.28. The summed E-state index contributed by atoms with van der Waals surface area (Å²) in [5, 5.41) is 3.58. The van der Waals surface area contributed by atoms with Gasteiger partial charge in [-0.2, -0.15) is 0 Å². The van der Waals surface area contributed by atoms with E-state index in [1.165, 1.54) is 32.8 Å². The fraction of sp³-hybridized carbons (Fsp3) is 0.647. The number of ether oxygens (including phenoxy) is 1. The zero-order chi connectivity index (χ0) is 14.1. The van der Waals surface area contributed by atoms with Crippen LogP contribution in [0.25, 0.3) is 0 Å². The van der Waals surface area contributed by atoms with Crippen molar-refractivity contribution >= 4 is 0 Å². The van der Waals surface area contributed by atoms with E-state index in [0.717, 1.165) is 29.9 Å². The Bertz CT molecular complexity index is 476. The molecule has 0 amide bonds. The monoisotopic (exact) mass is 277 g/mol. The topological polar surface area (TPSA) is 21.3 Å². The average molecular weight is 277 g/mol. The molecule has 110 valence electrons. The van der Waals surface area contributed by atoms with Crippen molar-refractivity contribution in [1.82, 2.24) is 5.32 Å². The second-order valence-corrected chi connectivity index (χ2v) is 6.48. The Morgan fingerprint density at radius 3 is 2.80 bits per heavy atom. The van der Waals surface area contributed by atoms with Gasteiger partial charge < -0.3 is 10.1 Å².